The van der Waals surface area contributed by atoms with Crippen molar-refractivity contribution in [1.82, 2.24) is 14.8 Å². The van der Waals surface area contributed by atoms with Crippen molar-refractivity contribution in [2.45, 2.75) is 60.4 Å². The summed E-state index contributed by atoms with van der Waals surface area (Å²) in [6.45, 7) is 15.4. The molecule has 0 saturated carbocycles. The maximum Gasteiger partial charge on any atom is 0.188 e. The van der Waals surface area contributed by atoms with Gasteiger partial charge in [0.2, 0.25) is 0 Å². The highest BCUT2D eigenvalue weighted by Crippen LogP contribution is 2.10. The molecule has 6 heteroatoms. The van der Waals surface area contributed by atoms with Crippen molar-refractivity contribution in [3.8, 4) is 6.07 Å². The number of nitrogens with one attached hydrogen (secondary N) is 1. The van der Waals surface area contributed by atoms with Crippen LogP contribution in [0.2, 0.25) is 0 Å². The molecule has 2 aromatic rings. The standard InChI is InChI=1S/C12H19N5.C9H9N.C6H14/c1-10-11(3-2-4-15-10)9-16-5-7-17(8-6-16)12(13)14;1-2-8-4-3-5-9(6-8)7-10;1-4-5-6(2)3/h2-4H,5-9H2,1H3,(H3,13,14);3-6H,2H2,1H3;6H,4-5H2,1-3H3. The van der Waals surface area contributed by atoms with Crippen LogP contribution in [0.25, 0.3) is 0 Å². The Morgan fingerprint density at radius 1 is 1.15 bits per heavy atom. The Morgan fingerprint density at radius 2 is 1.85 bits per heavy atom. The topological polar surface area (TPSA) is 93.0 Å². The molecule has 0 amide bonds. The summed E-state index contributed by atoms with van der Waals surface area (Å²) >= 11 is 0. The van der Waals surface area contributed by atoms with Gasteiger partial charge in [-0.25, -0.2) is 0 Å². The van der Waals surface area contributed by atoms with E-state index >= 15 is 0 Å². The predicted molar refractivity (Wildman–Crippen MR) is 138 cm³/mol. The molecule has 1 aliphatic rings. The SMILES string of the molecule is CCCC(C)C.CCc1cccc(C#N)c1.Cc1ncccc1CN1CCN(C(=N)N)CC1. The fraction of sp³-hybridized carbons (Fsp3) is 0.519. The summed E-state index contributed by atoms with van der Waals surface area (Å²) in [6, 6.07) is 13.9. The van der Waals surface area contributed by atoms with E-state index in [0.717, 1.165) is 56.3 Å². The zero-order valence-corrected chi connectivity index (χ0v) is 21.1. The van der Waals surface area contributed by atoms with Gasteiger partial charge in [-0.1, -0.05) is 58.7 Å². The van der Waals surface area contributed by atoms with Crippen LogP contribution in [0, 0.1) is 29.6 Å². The second-order valence-corrected chi connectivity index (χ2v) is 8.74. The Balaban J connectivity index is 0.000000288. The minimum Gasteiger partial charge on any atom is -0.370 e. The number of rotatable bonds is 5. The molecule has 2 heterocycles. The average molecular weight is 451 g/mol. The van der Waals surface area contributed by atoms with Crippen molar-refractivity contribution in [3.63, 3.8) is 0 Å². The first-order valence-electron chi connectivity index (χ1n) is 12.0. The first-order chi connectivity index (χ1) is 15.8. The van der Waals surface area contributed by atoms with E-state index in [9.17, 15) is 0 Å². The molecule has 1 fully saturated rings. The molecule has 0 unspecified atom stereocenters. The molecule has 0 atom stereocenters. The Bertz CT molecular complexity index is 863. The summed E-state index contributed by atoms with van der Waals surface area (Å²) in [6.07, 6.45) is 5.53. The molecule has 0 bridgehead atoms. The van der Waals surface area contributed by atoms with Crippen molar-refractivity contribution in [2.75, 3.05) is 26.2 Å². The number of aryl methyl sites for hydroxylation is 2. The fourth-order valence-corrected chi connectivity index (χ4v) is 3.51. The lowest BCUT2D eigenvalue weighted by Crippen LogP contribution is -2.50. The van der Waals surface area contributed by atoms with Gasteiger partial charge in [0.15, 0.2) is 5.96 Å². The monoisotopic (exact) mass is 450 g/mol. The molecule has 33 heavy (non-hydrogen) atoms. The van der Waals surface area contributed by atoms with Crippen LogP contribution >= 0.6 is 0 Å². The molecular formula is C27H42N6. The van der Waals surface area contributed by atoms with Gasteiger partial charge in [-0.05, 0) is 48.6 Å². The number of pyridine rings is 1. The number of aromatic nitrogens is 1. The predicted octanol–water partition coefficient (Wildman–Crippen LogP) is 4.96. The number of hydrogen-bond donors (Lipinski definition) is 2. The summed E-state index contributed by atoms with van der Waals surface area (Å²) in [5.74, 6) is 1.08. The van der Waals surface area contributed by atoms with Crippen LogP contribution < -0.4 is 5.73 Å². The van der Waals surface area contributed by atoms with E-state index in [-0.39, 0.29) is 5.96 Å². The smallest absolute Gasteiger partial charge is 0.188 e. The van der Waals surface area contributed by atoms with Gasteiger partial charge in [0, 0.05) is 44.6 Å². The van der Waals surface area contributed by atoms with Crippen LogP contribution in [-0.4, -0.2) is 46.9 Å². The summed E-state index contributed by atoms with van der Waals surface area (Å²) < 4.78 is 0. The third kappa shape index (κ3) is 11.5. The molecular weight excluding hydrogens is 408 g/mol. The Labute approximate surface area is 200 Å². The summed E-state index contributed by atoms with van der Waals surface area (Å²) in [7, 11) is 0. The molecule has 1 aliphatic heterocycles. The minimum atomic E-state index is 0.183. The molecule has 6 nitrogen and oxygen atoms in total. The van der Waals surface area contributed by atoms with Crippen molar-refractivity contribution in [3.05, 3.63) is 65.0 Å². The molecule has 1 saturated heterocycles. The van der Waals surface area contributed by atoms with E-state index in [0.29, 0.717) is 0 Å². The molecule has 0 radical (unpaired) electrons. The Kier molecular flexibility index (Phi) is 13.5. The highest BCUT2D eigenvalue weighted by Gasteiger charge is 2.17. The lowest BCUT2D eigenvalue weighted by molar-refractivity contribution is 0.173. The normalized spacial score (nSPS) is 13.3. The Hall–Kier alpha value is -2.91. The second kappa shape index (κ2) is 15.8. The van der Waals surface area contributed by atoms with Gasteiger partial charge in [0.1, 0.15) is 0 Å². The third-order valence-corrected chi connectivity index (χ3v) is 5.55. The third-order valence-electron chi connectivity index (χ3n) is 5.55. The van der Waals surface area contributed by atoms with Gasteiger partial charge < -0.3 is 10.6 Å². The van der Waals surface area contributed by atoms with Crippen molar-refractivity contribution >= 4 is 5.96 Å². The molecule has 0 aliphatic carbocycles. The number of nitrogens with two attached hydrogens (primary N) is 1. The van der Waals surface area contributed by atoms with Crippen LogP contribution in [0.3, 0.4) is 0 Å². The first kappa shape index (κ1) is 28.1. The molecule has 1 aromatic carbocycles. The van der Waals surface area contributed by atoms with Crippen LogP contribution in [0.4, 0.5) is 0 Å². The molecule has 180 valence electrons. The fourth-order valence-electron chi connectivity index (χ4n) is 3.51. The van der Waals surface area contributed by atoms with Crippen molar-refractivity contribution in [2.24, 2.45) is 11.7 Å². The zero-order valence-electron chi connectivity index (χ0n) is 21.1. The van der Waals surface area contributed by atoms with Crippen molar-refractivity contribution in [1.29, 1.82) is 10.7 Å². The average Bonchev–Trinajstić information content (AvgIpc) is 2.81. The second-order valence-electron chi connectivity index (χ2n) is 8.74. The van der Waals surface area contributed by atoms with Crippen molar-refractivity contribution < 1.29 is 0 Å². The molecule has 0 spiro atoms. The van der Waals surface area contributed by atoms with Crippen LogP contribution in [0.15, 0.2) is 42.6 Å². The van der Waals surface area contributed by atoms with Gasteiger partial charge in [-0.3, -0.25) is 15.3 Å². The zero-order chi connectivity index (χ0) is 24.6. The highest BCUT2D eigenvalue weighted by molar-refractivity contribution is 5.74. The van der Waals surface area contributed by atoms with E-state index < -0.39 is 0 Å². The number of guanidine groups is 1. The maximum absolute atomic E-state index is 8.51. The van der Waals surface area contributed by atoms with Gasteiger partial charge in [0.25, 0.3) is 0 Å². The minimum absolute atomic E-state index is 0.183. The van der Waals surface area contributed by atoms with Gasteiger partial charge in [-0.2, -0.15) is 5.26 Å². The van der Waals surface area contributed by atoms with E-state index in [4.69, 9.17) is 16.4 Å². The summed E-state index contributed by atoms with van der Waals surface area (Å²) in [5, 5.41) is 15.9. The molecule has 3 rings (SSSR count). The van der Waals surface area contributed by atoms with Crippen LogP contribution in [0.1, 0.15) is 62.9 Å². The number of benzene rings is 1. The Morgan fingerprint density at radius 3 is 2.33 bits per heavy atom. The lowest BCUT2D eigenvalue weighted by Gasteiger charge is -2.35. The van der Waals surface area contributed by atoms with Crippen LogP contribution in [0.5, 0.6) is 0 Å². The van der Waals surface area contributed by atoms with Gasteiger partial charge in [0.05, 0.1) is 11.6 Å². The lowest BCUT2D eigenvalue weighted by atomic mass is 10.1. The molecule has 1 aromatic heterocycles. The van der Waals surface area contributed by atoms with E-state index in [1.54, 1.807) is 0 Å². The molecule has 3 N–H and O–H groups in total. The summed E-state index contributed by atoms with van der Waals surface area (Å²) in [4.78, 5) is 8.58. The van der Waals surface area contributed by atoms with E-state index in [1.165, 1.54) is 24.0 Å². The number of nitriles is 1. The number of nitrogens with zero attached hydrogens (tertiary/aromatic N) is 4. The maximum atomic E-state index is 8.51. The quantitative estimate of drug-likeness (QED) is 0.496. The van der Waals surface area contributed by atoms with E-state index in [2.05, 4.69) is 49.7 Å². The van der Waals surface area contributed by atoms with E-state index in [1.807, 2.05) is 48.4 Å². The number of hydrogen-bond acceptors (Lipinski definition) is 4. The largest absolute Gasteiger partial charge is 0.370 e. The summed E-state index contributed by atoms with van der Waals surface area (Å²) in [5.41, 5.74) is 9.82. The highest BCUT2D eigenvalue weighted by atomic mass is 15.3. The number of piperazine rings is 1. The first-order valence-corrected chi connectivity index (χ1v) is 12.0. The van der Waals surface area contributed by atoms with Gasteiger partial charge in [-0.15, -0.1) is 0 Å². The van der Waals surface area contributed by atoms with Gasteiger partial charge >= 0.3 is 0 Å². The van der Waals surface area contributed by atoms with Crippen LogP contribution in [-0.2, 0) is 13.0 Å².